The largest absolute Gasteiger partial charge is 0.391 e. The van der Waals surface area contributed by atoms with Crippen molar-refractivity contribution in [2.75, 3.05) is 6.54 Å². The standard InChI is InChI=1S/C19H20N2O2S/c1-2-7-15(22)13-21-19(23)16-9-4-6-11-18(16)24-17-10-5-3-8-14(17)12-20/h3-6,8-11,15,22H,2,7,13H2,1H3,(H,21,23). The number of nitrogens with zero attached hydrogens (tertiary/aromatic N) is 1. The molecule has 5 heteroatoms. The number of carbonyl (C=O) groups is 1. The zero-order valence-corrected chi connectivity index (χ0v) is 14.3. The van der Waals surface area contributed by atoms with Crippen LogP contribution in [0.5, 0.6) is 0 Å². The summed E-state index contributed by atoms with van der Waals surface area (Å²) in [5.41, 5.74) is 1.12. The fourth-order valence-electron chi connectivity index (χ4n) is 2.25. The third kappa shape index (κ3) is 4.85. The number of hydrogen-bond donors (Lipinski definition) is 2. The minimum absolute atomic E-state index is 0.220. The van der Waals surface area contributed by atoms with E-state index in [0.29, 0.717) is 17.5 Å². The maximum absolute atomic E-state index is 12.4. The van der Waals surface area contributed by atoms with Gasteiger partial charge in [-0.05, 0) is 30.7 Å². The van der Waals surface area contributed by atoms with E-state index < -0.39 is 6.10 Å². The molecule has 0 aliphatic heterocycles. The second-order valence-electron chi connectivity index (χ2n) is 5.36. The first kappa shape index (κ1) is 18.1. The molecule has 0 saturated heterocycles. The Hall–Kier alpha value is -2.29. The molecule has 0 spiro atoms. The number of benzene rings is 2. The average molecular weight is 340 g/mol. The molecule has 0 bridgehead atoms. The van der Waals surface area contributed by atoms with Crippen LogP contribution >= 0.6 is 11.8 Å². The number of nitrogens with one attached hydrogen (secondary N) is 1. The van der Waals surface area contributed by atoms with E-state index in [0.717, 1.165) is 16.2 Å². The van der Waals surface area contributed by atoms with Gasteiger partial charge in [-0.3, -0.25) is 4.79 Å². The summed E-state index contributed by atoms with van der Waals surface area (Å²) < 4.78 is 0. The van der Waals surface area contributed by atoms with E-state index in [2.05, 4.69) is 11.4 Å². The van der Waals surface area contributed by atoms with Gasteiger partial charge in [0.2, 0.25) is 0 Å². The smallest absolute Gasteiger partial charge is 0.252 e. The van der Waals surface area contributed by atoms with Gasteiger partial charge in [-0.1, -0.05) is 49.4 Å². The molecule has 2 rings (SSSR count). The molecule has 24 heavy (non-hydrogen) atoms. The topological polar surface area (TPSA) is 73.1 Å². The molecule has 1 unspecified atom stereocenters. The monoisotopic (exact) mass is 340 g/mol. The lowest BCUT2D eigenvalue weighted by Crippen LogP contribution is -2.32. The first-order valence-corrected chi connectivity index (χ1v) is 8.69. The quantitative estimate of drug-likeness (QED) is 0.808. The van der Waals surface area contributed by atoms with Crippen LogP contribution in [-0.4, -0.2) is 23.7 Å². The minimum atomic E-state index is -0.530. The van der Waals surface area contributed by atoms with Gasteiger partial charge >= 0.3 is 0 Å². The number of nitriles is 1. The lowest BCUT2D eigenvalue weighted by atomic mass is 10.2. The lowest BCUT2D eigenvalue weighted by Gasteiger charge is -2.13. The van der Waals surface area contributed by atoms with Gasteiger partial charge in [0.1, 0.15) is 6.07 Å². The predicted molar refractivity (Wildman–Crippen MR) is 95.0 cm³/mol. The van der Waals surface area contributed by atoms with E-state index >= 15 is 0 Å². The zero-order chi connectivity index (χ0) is 17.4. The van der Waals surface area contributed by atoms with Gasteiger partial charge in [-0.25, -0.2) is 0 Å². The second kappa shape index (κ2) is 9.11. The average Bonchev–Trinajstić information content (AvgIpc) is 2.61. The number of aliphatic hydroxyl groups is 1. The van der Waals surface area contributed by atoms with E-state index in [9.17, 15) is 15.2 Å². The summed E-state index contributed by atoms with van der Waals surface area (Å²) in [5.74, 6) is -0.220. The number of rotatable bonds is 7. The van der Waals surface area contributed by atoms with Crippen LogP contribution in [0.25, 0.3) is 0 Å². The molecular weight excluding hydrogens is 320 g/mol. The van der Waals surface area contributed by atoms with E-state index in [1.165, 1.54) is 11.8 Å². The number of aliphatic hydroxyl groups excluding tert-OH is 1. The summed E-state index contributed by atoms with van der Waals surface area (Å²) in [5, 5.41) is 21.7. The highest BCUT2D eigenvalue weighted by atomic mass is 32.2. The molecule has 0 aromatic heterocycles. The van der Waals surface area contributed by atoms with E-state index in [1.807, 2.05) is 37.3 Å². The van der Waals surface area contributed by atoms with Crippen LogP contribution in [0, 0.1) is 11.3 Å². The molecular formula is C19H20N2O2S. The number of carbonyl (C=O) groups excluding carboxylic acids is 1. The van der Waals surface area contributed by atoms with Crippen molar-refractivity contribution in [3.8, 4) is 6.07 Å². The highest BCUT2D eigenvalue weighted by Gasteiger charge is 2.14. The summed E-state index contributed by atoms with van der Waals surface area (Å²) >= 11 is 1.39. The summed E-state index contributed by atoms with van der Waals surface area (Å²) in [7, 11) is 0. The van der Waals surface area contributed by atoms with Crippen LogP contribution in [0.15, 0.2) is 58.3 Å². The summed E-state index contributed by atoms with van der Waals surface area (Å²) in [4.78, 5) is 14.0. The number of amides is 1. The minimum Gasteiger partial charge on any atom is -0.391 e. The molecule has 124 valence electrons. The van der Waals surface area contributed by atoms with Crippen molar-refractivity contribution in [1.82, 2.24) is 5.32 Å². The summed E-state index contributed by atoms with van der Waals surface area (Å²) in [6.07, 6.45) is 0.999. The van der Waals surface area contributed by atoms with Crippen LogP contribution in [0.3, 0.4) is 0 Å². The van der Waals surface area contributed by atoms with E-state index in [4.69, 9.17) is 0 Å². The van der Waals surface area contributed by atoms with Crippen molar-refractivity contribution >= 4 is 17.7 Å². The maximum Gasteiger partial charge on any atom is 0.252 e. The van der Waals surface area contributed by atoms with Gasteiger partial charge in [0.05, 0.1) is 17.2 Å². The lowest BCUT2D eigenvalue weighted by molar-refractivity contribution is 0.0907. The Morgan fingerprint density at radius 2 is 1.88 bits per heavy atom. The van der Waals surface area contributed by atoms with Crippen LogP contribution in [0.4, 0.5) is 0 Å². The fourth-order valence-corrected chi connectivity index (χ4v) is 3.28. The molecule has 2 aromatic rings. The van der Waals surface area contributed by atoms with Crippen molar-refractivity contribution < 1.29 is 9.90 Å². The highest BCUT2D eigenvalue weighted by Crippen LogP contribution is 2.32. The van der Waals surface area contributed by atoms with Crippen molar-refractivity contribution in [2.45, 2.75) is 35.7 Å². The Labute approximate surface area is 146 Å². The van der Waals surface area contributed by atoms with Crippen LogP contribution in [0.2, 0.25) is 0 Å². The van der Waals surface area contributed by atoms with E-state index in [1.54, 1.807) is 18.2 Å². The van der Waals surface area contributed by atoms with Crippen LogP contribution in [0.1, 0.15) is 35.7 Å². The molecule has 0 aliphatic rings. The molecule has 1 amide bonds. The van der Waals surface area contributed by atoms with Crippen LogP contribution < -0.4 is 5.32 Å². The van der Waals surface area contributed by atoms with Crippen LogP contribution in [-0.2, 0) is 0 Å². The van der Waals surface area contributed by atoms with Crippen molar-refractivity contribution in [1.29, 1.82) is 5.26 Å². The van der Waals surface area contributed by atoms with Crippen molar-refractivity contribution in [3.63, 3.8) is 0 Å². The van der Waals surface area contributed by atoms with Gasteiger partial charge in [0.15, 0.2) is 0 Å². The molecule has 2 aromatic carbocycles. The van der Waals surface area contributed by atoms with Gasteiger partial charge in [-0.2, -0.15) is 5.26 Å². The molecule has 0 fully saturated rings. The predicted octanol–water partition coefficient (Wildman–Crippen LogP) is 3.60. The Bertz CT molecular complexity index is 740. The summed E-state index contributed by atoms with van der Waals surface area (Å²) in [6.45, 7) is 2.23. The molecule has 0 saturated carbocycles. The second-order valence-corrected chi connectivity index (χ2v) is 6.44. The van der Waals surface area contributed by atoms with Crippen molar-refractivity contribution in [3.05, 3.63) is 59.7 Å². The Morgan fingerprint density at radius 1 is 1.21 bits per heavy atom. The SMILES string of the molecule is CCCC(O)CNC(=O)c1ccccc1Sc1ccccc1C#N. The van der Waals surface area contributed by atoms with E-state index in [-0.39, 0.29) is 12.5 Å². The highest BCUT2D eigenvalue weighted by molar-refractivity contribution is 7.99. The molecule has 4 nitrogen and oxygen atoms in total. The number of hydrogen-bond acceptors (Lipinski definition) is 4. The van der Waals surface area contributed by atoms with Gasteiger partial charge < -0.3 is 10.4 Å². The Balaban J connectivity index is 2.15. The molecule has 0 aliphatic carbocycles. The normalized spacial score (nSPS) is 11.5. The Morgan fingerprint density at radius 3 is 2.58 bits per heavy atom. The van der Waals surface area contributed by atoms with Gasteiger partial charge in [0.25, 0.3) is 5.91 Å². The first-order chi connectivity index (χ1) is 11.7. The molecule has 2 N–H and O–H groups in total. The zero-order valence-electron chi connectivity index (χ0n) is 13.5. The third-order valence-electron chi connectivity index (χ3n) is 3.48. The van der Waals surface area contributed by atoms with Gasteiger partial charge in [0, 0.05) is 16.3 Å². The summed E-state index contributed by atoms with van der Waals surface area (Å²) in [6, 6.07) is 16.7. The molecule has 0 heterocycles. The first-order valence-electron chi connectivity index (χ1n) is 7.88. The Kier molecular flexibility index (Phi) is 6.86. The molecule has 0 radical (unpaired) electrons. The maximum atomic E-state index is 12.4. The van der Waals surface area contributed by atoms with Crippen molar-refractivity contribution in [2.24, 2.45) is 0 Å². The molecule has 1 atom stereocenters. The fraction of sp³-hybridized carbons (Fsp3) is 0.263. The van der Waals surface area contributed by atoms with Gasteiger partial charge in [-0.15, -0.1) is 0 Å². The third-order valence-corrected chi connectivity index (χ3v) is 4.63.